The average molecular weight is 403 g/mol. The number of rotatable bonds is 7. The van der Waals surface area contributed by atoms with Crippen molar-refractivity contribution in [1.29, 1.82) is 0 Å². The summed E-state index contributed by atoms with van der Waals surface area (Å²) < 4.78 is 0. The highest BCUT2D eigenvalue weighted by atomic mass is 16.2. The number of nitrogens with zero attached hydrogens (tertiary/aromatic N) is 2. The van der Waals surface area contributed by atoms with Gasteiger partial charge in [-0.15, -0.1) is 0 Å². The van der Waals surface area contributed by atoms with E-state index in [1.54, 1.807) is 12.3 Å². The topological polar surface area (TPSA) is 85.5 Å². The maximum absolute atomic E-state index is 12.6. The van der Waals surface area contributed by atoms with Gasteiger partial charge in [-0.3, -0.25) is 19.3 Å². The van der Waals surface area contributed by atoms with Crippen molar-refractivity contribution in [2.45, 2.75) is 52.5 Å². The van der Waals surface area contributed by atoms with E-state index in [-0.39, 0.29) is 29.6 Å². The van der Waals surface area contributed by atoms with Crippen LogP contribution >= 0.6 is 0 Å². The predicted molar refractivity (Wildman–Crippen MR) is 112 cm³/mol. The highest BCUT2D eigenvalue weighted by Gasteiger charge is 2.28. The second-order valence-electron chi connectivity index (χ2n) is 8.82. The molecule has 2 saturated heterocycles. The molecule has 2 amide bonds. The zero-order valence-corrected chi connectivity index (χ0v) is 17.9. The first kappa shape index (κ1) is 21.6. The lowest BCUT2D eigenvalue weighted by molar-refractivity contribution is -0.127. The molecule has 29 heavy (non-hydrogen) atoms. The summed E-state index contributed by atoms with van der Waals surface area (Å²) >= 11 is 0. The van der Waals surface area contributed by atoms with E-state index in [4.69, 9.17) is 0 Å². The Labute approximate surface area is 173 Å². The van der Waals surface area contributed by atoms with Crippen LogP contribution in [0.1, 0.15) is 67.3 Å². The summed E-state index contributed by atoms with van der Waals surface area (Å²) in [5, 5.41) is 3.10. The van der Waals surface area contributed by atoms with Gasteiger partial charge < -0.3 is 15.2 Å². The molecule has 3 rings (SSSR count). The zero-order valence-electron chi connectivity index (χ0n) is 17.9. The first-order valence-corrected chi connectivity index (χ1v) is 10.9. The Hall–Kier alpha value is -2.15. The molecule has 7 heteroatoms. The van der Waals surface area contributed by atoms with Crippen LogP contribution in [0.4, 0.5) is 0 Å². The molecule has 160 valence electrons. The van der Waals surface area contributed by atoms with Gasteiger partial charge in [-0.05, 0) is 57.7 Å². The van der Waals surface area contributed by atoms with Crippen LogP contribution in [0.2, 0.25) is 0 Å². The van der Waals surface area contributed by atoms with E-state index in [2.05, 4.69) is 29.0 Å². The number of amides is 2. The number of H-pyrrole nitrogens is 1. The van der Waals surface area contributed by atoms with Crippen LogP contribution < -0.4 is 5.32 Å². The monoisotopic (exact) mass is 402 g/mol. The number of ketones is 1. The predicted octanol–water partition coefficient (Wildman–Crippen LogP) is 2.31. The minimum atomic E-state index is -0.0241. The Bertz CT molecular complexity index is 728. The summed E-state index contributed by atoms with van der Waals surface area (Å²) in [5.74, 6) is 0.565. The molecule has 1 atom stereocenters. The van der Waals surface area contributed by atoms with Gasteiger partial charge in [0, 0.05) is 36.8 Å². The molecule has 1 aromatic heterocycles. The minimum absolute atomic E-state index is 0.0121. The molecule has 2 aliphatic rings. The number of aromatic nitrogens is 1. The molecule has 7 nitrogen and oxygen atoms in total. The molecule has 0 radical (unpaired) electrons. The minimum Gasteiger partial charge on any atom is -0.356 e. The molecule has 2 fully saturated rings. The lowest BCUT2D eigenvalue weighted by Gasteiger charge is -2.31. The van der Waals surface area contributed by atoms with Crippen molar-refractivity contribution < 1.29 is 14.4 Å². The molecule has 1 unspecified atom stereocenters. The van der Waals surface area contributed by atoms with Crippen LogP contribution in [0, 0.1) is 11.8 Å². The summed E-state index contributed by atoms with van der Waals surface area (Å²) in [4.78, 5) is 44.4. The van der Waals surface area contributed by atoms with Gasteiger partial charge in [-0.25, -0.2) is 0 Å². The van der Waals surface area contributed by atoms with E-state index < -0.39 is 0 Å². The first-order valence-electron chi connectivity index (χ1n) is 10.9. The van der Waals surface area contributed by atoms with Crippen molar-refractivity contribution in [3.63, 3.8) is 0 Å². The zero-order chi connectivity index (χ0) is 21.0. The van der Waals surface area contributed by atoms with Gasteiger partial charge in [0.1, 0.15) is 5.69 Å². The first-order chi connectivity index (χ1) is 13.8. The van der Waals surface area contributed by atoms with Crippen LogP contribution in [0.5, 0.6) is 0 Å². The standard InChI is InChI=1S/C22H34N4O3/c1-15(2)16(3)24-21(28)17-6-10-25(11-7-17)14-20(27)18-12-19(23-13-18)22(29)26-8-4-5-9-26/h12-13,15-17,23H,4-11,14H2,1-3H3,(H,24,28). The van der Waals surface area contributed by atoms with E-state index in [1.807, 2.05) is 11.8 Å². The number of piperidine rings is 1. The fourth-order valence-electron chi connectivity index (χ4n) is 3.93. The van der Waals surface area contributed by atoms with Crippen molar-refractivity contribution in [3.8, 4) is 0 Å². The molecular formula is C22H34N4O3. The van der Waals surface area contributed by atoms with Gasteiger partial charge in [0.15, 0.2) is 5.78 Å². The highest BCUT2D eigenvalue weighted by molar-refractivity contribution is 6.01. The van der Waals surface area contributed by atoms with Crippen molar-refractivity contribution in [3.05, 3.63) is 23.5 Å². The second kappa shape index (κ2) is 9.57. The molecule has 0 aromatic carbocycles. The number of carbonyl (C=O) groups is 3. The number of carbonyl (C=O) groups excluding carboxylic acids is 3. The van der Waals surface area contributed by atoms with Gasteiger partial charge in [0.05, 0.1) is 6.54 Å². The Morgan fingerprint density at radius 2 is 1.76 bits per heavy atom. The number of aromatic amines is 1. The number of hydrogen-bond donors (Lipinski definition) is 2. The van der Waals surface area contributed by atoms with E-state index >= 15 is 0 Å². The van der Waals surface area contributed by atoms with Crippen LogP contribution in [-0.4, -0.2) is 71.1 Å². The Kier molecular flexibility index (Phi) is 7.11. The second-order valence-corrected chi connectivity index (χ2v) is 8.82. The largest absolute Gasteiger partial charge is 0.356 e. The van der Waals surface area contributed by atoms with Gasteiger partial charge >= 0.3 is 0 Å². The third-order valence-corrected chi connectivity index (χ3v) is 6.32. The Morgan fingerprint density at radius 1 is 1.10 bits per heavy atom. The van der Waals surface area contributed by atoms with Crippen molar-refractivity contribution in [2.24, 2.45) is 11.8 Å². The Balaban J connectivity index is 1.46. The normalized spacial score (nSPS) is 19.5. The number of hydrogen-bond acceptors (Lipinski definition) is 4. The molecule has 2 N–H and O–H groups in total. The van der Waals surface area contributed by atoms with E-state index in [1.165, 1.54) is 0 Å². The molecule has 2 aliphatic heterocycles. The van der Waals surface area contributed by atoms with E-state index in [0.717, 1.165) is 51.9 Å². The van der Waals surface area contributed by atoms with E-state index in [0.29, 0.717) is 23.7 Å². The molecule has 3 heterocycles. The van der Waals surface area contributed by atoms with Gasteiger partial charge in [0.25, 0.3) is 5.91 Å². The smallest absolute Gasteiger partial charge is 0.270 e. The summed E-state index contributed by atoms with van der Waals surface area (Å²) in [6.45, 7) is 9.63. The van der Waals surface area contributed by atoms with Crippen LogP contribution in [0.25, 0.3) is 0 Å². The van der Waals surface area contributed by atoms with Crippen molar-refractivity contribution >= 4 is 17.6 Å². The van der Waals surface area contributed by atoms with Crippen molar-refractivity contribution in [1.82, 2.24) is 20.1 Å². The highest BCUT2D eigenvalue weighted by Crippen LogP contribution is 2.19. The molecular weight excluding hydrogens is 368 g/mol. The maximum Gasteiger partial charge on any atom is 0.270 e. The fraction of sp³-hybridized carbons (Fsp3) is 0.682. The molecule has 0 spiro atoms. The maximum atomic E-state index is 12.6. The average Bonchev–Trinajstić information content (AvgIpc) is 3.40. The third kappa shape index (κ3) is 5.47. The van der Waals surface area contributed by atoms with E-state index in [9.17, 15) is 14.4 Å². The van der Waals surface area contributed by atoms with Crippen molar-refractivity contribution in [2.75, 3.05) is 32.7 Å². The quantitative estimate of drug-likeness (QED) is 0.686. The van der Waals surface area contributed by atoms with Gasteiger partial charge in [0.2, 0.25) is 5.91 Å². The fourth-order valence-corrected chi connectivity index (χ4v) is 3.93. The Morgan fingerprint density at radius 3 is 2.38 bits per heavy atom. The summed E-state index contributed by atoms with van der Waals surface area (Å²) in [6.07, 6.45) is 5.27. The van der Waals surface area contributed by atoms with Crippen LogP contribution in [0.3, 0.4) is 0 Å². The summed E-state index contributed by atoms with van der Waals surface area (Å²) in [7, 11) is 0. The third-order valence-electron chi connectivity index (χ3n) is 6.32. The summed E-state index contributed by atoms with van der Waals surface area (Å²) in [6, 6.07) is 1.85. The van der Waals surface area contributed by atoms with Crippen LogP contribution in [0.15, 0.2) is 12.3 Å². The number of Topliss-reactive ketones (excluding diaryl/α,β-unsaturated/α-hetero) is 1. The SMILES string of the molecule is CC(C)C(C)NC(=O)C1CCN(CC(=O)c2c[nH]c(C(=O)N3CCCC3)c2)CC1. The number of nitrogens with one attached hydrogen (secondary N) is 2. The van der Waals surface area contributed by atoms with Gasteiger partial charge in [-0.1, -0.05) is 13.8 Å². The summed E-state index contributed by atoms with van der Waals surface area (Å²) in [5.41, 5.74) is 1.04. The van der Waals surface area contributed by atoms with Crippen LogP contribution in [-0.2, 0) is 4.79 Å². The molecule has 0 aliphatic carbocycles. The molecule has 0 bridgehead atoms. The van der Waals surface area contributed by atoms with Gasteiger partial charge in [-0.2, -0.15) is 0 Å². The lowest BCUT2D eigenvalue weighted by Crippen LogP contribution is -2.45. The number of likely N-dealkylation sites (tertiary alicyclic amines) is 2. The lowest BCUT2D eigenvalue weighted by atomic mass is 9.94. The molecule has 1 aromatic rings. The molecule has 0 saturated carbocycles.